The minimum absolute atomic E-state index is 0.302. The quantitative estimate of drug-likeness (QED) is 0.0968. The van der Waals surface area contributed by atoms with Crippen LogP contribution in [0.5, 0.6) is 0 Å². The van der Waals surface area contributed by atoms with Gasteiger partial charge in [0.2, 0.25) is 0 Å². The third kappa shape index (κ3) is 33.5. The lowest BCUT2D eigenvalue weighted by atomic mass is 10.0. The number of carbonyl (C=O) groups is 1. The van der Waals surface area contributed by atoms with Gasteiger partial charge in [0, 0.05) is 12.8 Å². The fourth-order valence-electron chi connectivity index (χ4n) is 4.94. The average Bonchev–Trinajstić information content (AvgIpc) is 2.80. The number of hydrogen-bond acceptors (Lipinski definition) is 1. The van der Waals surface area contributed by atoms with Crippen molar-refractivity contribution in [2.75, 3.05) is 0 Å². The van der Waals surface area contributed by atoms with E-state index in [0.717, 1.165) is 32.1 Å². The van der Waals surface area contributed by atoms with Gasteiger partial charge >= 0.3 is 6.18 Å². The highest BCUT2D eigenvalue weighted by atomic mass is 19.4. The van der Waals surface area contributed by atoms with Crippen molar-refractivity contribution < 1.29 is 18.0 Å². The summed E-state index contributed by atoms with van der Waals surface area (Å²) in [4.78, 5) is 10.9. The molecule has 0 fully saturated rings. The Morgan fingerprint density at radius 3 is 0.800 bits per heavy atom. The SMILES string of the molecule is CC(=O)CCCCCCCCCCCCCCCCCCCCCCCCCCCCC(F)(F)F. The summed E-state index contributed by atoms with van der Waals surface area (Å²) < 4.78 is 36.2. The zero-order chi connectivity index (χ0) is 25.9. The molecule has 0 saturated heterocycles. The van der Waals surface area contributed by atoms with Crippen molar-refractivity contribution in [3.8, 4) is 0 Å². The first-order chi connectivity index (χ1) is 16.9. The third-order valence-electron chi connectivity index (χ3n) is 7.24. The lowest BCUT2D eigenvalue weighted by Crippen LogP contribution is -2.06. The number of unbranched alkanes of at least 4 members (excludes halogenated alkanes) is 25. The number of alkyl halides is 3. The molecular weight excluding hydrogens is 445 g/mol. The monoisotopic (exact) mass is 504 g/mol. The van der Waals surface area contributed by atoms with Gasteiger partial charge in [-0.15, -0.1) is 0 Å². The molecule has 0 saturated carbocycles. The molecule has 0 aliphatic rings. The molecule has 0 aromatic heterocycles. The molecule has 35 heavy (non-hydrogen) atoms. The van der Waals surface area contributed by atoms with E-state index in [-0.39, 0.29) is 0 Å². The van der Waals surface area contributed by atoms with Crippen LogP contribution in [0.1, 0.15) is 187 Å². The summed E-state index contributed by atoms with van der Waals surface area (Å²) in [6.45, 7) is 1.69. The van der Waals surface area contributed by atoms with Gasteiger partial charge in [-0.1, -0.05) is 154 Å². The molecule has 0 aromatic rings. The molecule has 0 spiro atoms. The summed E-state index contributed by atoms with van der Waals surface area (Å²) in [6, 6.07) is 0. The molecule has 0 aromatic carbocycles. The lowest BCUT2D eigenvalue weighted by molar-refractivity contribution is -0.135. The Morgan fingerprint density at radius 2 is 0.600 bits per heavy atom. The highest BCUT2D eigenvalue weighted by molar-refractivity contribution is 5.75. The van der Waals surface area contributed by atoms with Gasteiger partial charge in [-0.05, 0) is 19.8 Å². The summed E-state index contributed by atoms with van der Waals surface area (Å²) in [5, 5.41) is 0. The molecule has 0 aliphatic heterocycles. The van der Waals surface area contributed by atoms with Crippen LogP contribution in [0.4, 0.5) is 13.2 Å². The van der Waals surface area contributed by atoms with Crippen molar-refractivity contribution in [2.45, 2.75) is 193 Å². The Bertz CT molecular complexity index is 433. The van der Waals surface area contributed by atoms with E-state index in [0.29, 0.717) is 12.2 Å². The molecule has 0 bridgehead atoms. The van der Waals surface area contributed by atoms with E-state index in [4.69, 9.17) is 0 Å². The number of ketones is 1. The minimum Gasteiger partial charge on any atom is -0.300 e. The number of Topliss-reactive ketones (excluding diaryl/α,β-unsaturated/α-hetero) is 1. The molecule has 0 N–H and O–H groups in total. The van der Waals surface area contributed by atoms with Gasteiger partial charge in [0.05, 0.1) is 0 Å². The normalized spacial score (nSPS) is 11.9. The first-order valence-corrected chi connectivity index (χ1v) is 15.5. The highest BCUT2D eigenvalue weighted by Gasteiger charge is 2.25. The number of hydrogen-bond donors (Lipinski definition) is 0. The van der Waals surface area contributed by atoms with E-state index in [1.54, 1.807) is 6.92 Å². The van der Waals surface area contributed by atoms with E-state index in [2.05, 4.69) is 0 Å². The van der Waals surface area contributed by atoms with Crippen LogP contribution in [0.3, 0.4) is 0 Å². The summed E-state index contributed by atoms with van der Waals surface area (Å²) in [6.07, 6.45) is 28.8. The van der Waals surface area contributed by atoms with Gasteiger partial charge in [-0.2, -0.15) is 13.2 Å². The van der Waals surface area contributed by atoms with Crippen molar-refractivity contribution in [2.24, 2.45) is 0 Å². The standard InChI is InChI=1S/C31H59F3O/c1-30(35)28-26-24-22-20-18-16-14-12-10-8-6-4-2-3-5-7-9-11-13-15-17-19-21-23-25-27-29-31(32,33)34/h2-29H2,1H3. The molecule has 210 valence electrons. The van der Waals surface area contributed by atoms with Crippen molar-refractivity contribution in [1.82, 2.24) is 0 Å². The van der Waals surface area contributed by atoms with E-state index < -0.39 is 12.6 Å². The molecule has 0 heterocycles. The van der Waals surface area contributed by atoms with Crippen LogP contribution in [-0.2, 0) is 4.79 Å². The zero-order valence-electron chi connectivity index (χ0n) is 23.3. The molecule has 0 radical (unpaired) electrons. The van der Waals surface area contributed by atoms with Crippen LogP contribution >= 0.6 is 0 Å². The van der Waals surface area contributed by atoms with Gasteiger partial charge in [-0.3, -0.25) is 0 Å². The number of carbonyl (C=O) groups excluding carboxylic acids is 1. The van der Waals surface area contributed by atoms with Crippen molar-refractivity contribution >= 4 is 5.78 Å². The Balaban J connectivity index is 3.05. The maximum Gasteiger partial charge on any atom is 0.389 e. The van der Waals surface area contributed by atoms with Crippen LogP contribution in [0.2, 0.25) is 0 Å². The molecule has 0 atom stereocenters. The largest absolute Gasteiger partial charge is 0.389 e. The molecule has 0 amide bonds. The Hall–Kier alpha value is -0.540. The van der Waals surface area contributed by atoms with Gasteiger partial charge in [0.25, 0.3) is 0 Å². The second kappa shape index (κ2) is 26.5. The average molecular weight is 505 g/mol. The maximum absolute atomic E-state index is 12.1. The summed E-state index contributed by atoms with van der Waals surface area (Å²) in [5.74, 6) is 0.333. The third-order valence-corrected chi connectivity index (χ3v) is 7.24. The van der Waals surface area contributed by atoms with Crippen molar-refractivity contribution in [3.63, 3.8) is 0 Å². The van der Waals surface area contributed by atoms with E-state index in [9.17, 15) is 18.0 Å². The van der Waals surface area contributed by atoms with E-state index in [1.807, 2.05) is 0 Å². The Labute approximate surface area is 216 Å². The van der Waals surface area contributed by atoms with Gasteiger partial charge in [0.1, 0.15) is 5.78 Å². The zero-order valence-corrected chi connectivity index (χ0v) is 23.3. The molecule has 1 nitrogen and oxygen atoms in total. The molecular formula is C31H59F3O. The summed E-state index contributed by atoms with van der Waals surface area (Å²) in [7, 11) is 0. The predicted octanol–water partition coefficient (Wildman–Crippen LogP) is 12.1. The van der Waals surface area contributed by atoms with E-state index in [1.165, 1.54) is 135 Å². The lowest BCUT2D eigenvalue weighted by Gasteiger charge is -2.06. The second-order valence-corrected chi connectivity index (χ2v) is 11.0. The summed E-state index contributed by atoms with van der Waals surface area (Å²) in [5.41, 5.74) is 0. The second-order valence-electron chi connectivity index (χ2n) is 11.0. The topological polar surface area (TPSA) is 17.1 Å². The Kier molecular flexibility index (Phi) is 26.1. The first-order valence-electron chi connectivity index (χ1n) is 15.5. The fraction of sp³-hybridized carbons (Fsp3) is 0.968. The highest BCUT2D eigenvalue weighted by Crippen LogP contribution is 2.23. The van der Waals surface area contributed by atoms with Gasteiger partial charge in [-0.25, -0.2) is 0 Å². The van der Waals surface area contributed by atoms with Crippen molar-refractivity contribution in [1.29, 1.82) is 0 Å². The smallest absolute Gasteiger partial charge is 0.300 e. The summed E-state index contributed by atoms with van der Waals surface area (Å²) >= 11 is 0. The molecule has 0 aliphatic carbocycles. The number of halogens is 3. The fourth-order valence-corrected chi connectivity index (χ4v) is 4.94. The van der Waals surface area contributed by atoms with Crippen molar-refractivity contribution in [3.05, 3.63) is 0 Å². The number of rotatable bonds is 28. The van der Waals surface area contributed by atoms with E-state index >= 15 is 0 Å². The van der Waals surface area contributed by atoms with Crippen LogP contribution in [0.25, 0.3) is 0 Å². The first kappa shape index (κ1) is 34.5. The minimum atomic E-state index is -3.97. The molecule has 4 heteroatoms. The maximum atomic E-state index is 12.1. The van der Waals surface area contributed by atoms with Crippen LogP contribution < -0.4 is 0 Å². The van der Waals surface area contributed by atoms with Crippen LogP contribution in [0.15, 0.2) is 0 Å². The van der Waals surface area contributed by atoms with Gasteiger partial charge in [0.15, 0.2) is 0 Å². The molecule has 0 rings (SSSR count). The van der Waals surface area contributed by atoms with Crippen LogP contribution in [0, 0.1) is 0 Å². The predicted molar refractivity (Wildman–Crippen MR) is 146 cm³/mol. The van der Waals surface area contributed by atoms with Crippen LogP contribution in [-0.4, -0.2) is 12.0 Å². The van der Waals surface area contributed by atoms with Gasteiger partial charge < -0.3 is 4.79 Å². The molecule has 0 unspecified atom stereocenters. The Morgan fingerprint density at radius 1 is 0.400 bits per heavy atom.